The fourth-order valence-corrected chi connectivity index (χ4v) is 3.33. The first-order valence-corrected chi connectivity index (χ1v) is 7.93. The van der Waals surface area contributed by atoms with Crippen molar-refractivity contribution < 1.29 is 0 Å². The third-order valence-electron chi connectivity index (χ3n) is 4.95. The highest BCUT2D eigenvalue weighted by Crippen LogP contribution is 2.33. The number of rotatable bonds is 4. The van der Waals surface area contributed by atoms with Gasteiger partial charge in [-0.3, -0.25) is 4.68 Å². The molecule has 0 amide bonds. The molecule has 2 aliphatic rings. The van der Waals surface area contributed by atoms with Crippen LogP contribution in [0.5, 0.6) is 0 Å². The van der Waals surface area contributed by atoms with Crippen LogP contribution in [0, 0.1) is 19.8 Å². The first-order valence-electron chi connectivity index (χ1n) is 7.93. The lowest BCUT2D eigenvalue weighted by atomic mass is 9.87. The summed E-state index contributed by atoms with van der Waals surface area (Å²) in [6.07, 6.45) is 8.04. The molecule has 2 saturated carbocycles. The third-order valence-corrected chi connectivity index (χ3v) is 4.95. The van der Waals surface area contributed by atoms with Crippen LogP contribution in [0.3, 0.4) is 0 Å². The summed E-state index contributed by atoms with van der Waals surface area (Å²) in [5.41, 5.74) is 4.06. The van der Waals surface area contributed by atoms with Gasteiger partial charge in [0.25, 0.3) is 0 Å². The van der Waals surface area contributed by atoms with Crippen molar-refractivity contribution in [2.75, 3.05) is 0 Å². The summed E-state index contributed by atoms with van der Waals surface area (Å²) < 4.78 is 2.32. The monoisotopic (exact) mass is 261 g/mol. The molecule has 0 bridgehead atoms. The van der Waals surface area contributed by atoms with Crippen LogP contribution in [0.15, 0.2) is 0 Å². The Hall–Kier alpha value is -0.830. The van der Waals surface area contributed by atoms with Gasteiger partial charge in [-0.05, 0) is 58.3 Å². The van der Waals surface area contributed by atoms with Gasteiger partial charge in [-0.2, -0.15) is 5.10 Å². The first kappa shape index (κ1) is 13.2. The second-order valence-electron chi connectivity index (χ2n) is 6.66. The average molecular weight is 261 g/mol. The van der Waals surface area contributed by atoms with Crippen LogP contribution >= 0.6 is 0 Å². The summed E-state index contributed by atoms with van der Waals surface area (Å²) in [6, 6.07) is 1.42. The summed E-state index contributed by atoms with van der Waals surface area (Å²) >= 11 is 0. The smallest absolute Gasteiger partial charge is 0.0641 e. The highest BCUT2D eigenvalue weighted by Gasteiger charge is 2.25. The molecule has 0 unspecified atom stereocenters. The standard InChI is InChI=1S/C16H27N3/c1-11-4-8-15(9-5-11)19-13(3)16(12(2)18-19)10-17-14-6-7-14/h11,14-15,17H,4-10H2,1-3H3. The molecule has 3 heteroatoms. The van der Waals surface area contributed by atoms with Gasteiger partial charge in [0.2, 0.25) is 0 Å². The number of aromatic nitrogens is 2. The van der Waals surface area contributed by atoms with E-state index in [0.717, 1.165) is 18.5 Å². The Morgan fingerprint density at radius 1 is 1.11 bits per heavy atom. The van der Waals surface area contributed by atoms with E-state index in [1.54, 1.807) is 0 Å². The van der Waals surface area contributed by atoms with Crippen molar-refractivity contribution in [2.24, 2.45) is 5.92 Å². The highest BCUT2D eigenvalue weighted by atomic mass is 15.3. The molecule has 0 saturated heterocycles. The van der Waals surface area contributed by atoms with Gasteiger partial charge in [-0.25, -0.2) is 0 Å². The summed E-state index contributed by atoms with van der Waals surface area (Å²) in [6.45, 7) is 7.80. The van der Waals surface area contributed by atoms with E-state index in [-0.39, 0.29) is 0 Å². The molecule has 2 aliphatic carbocycles. The fraction of sp³-hybridized carbons (Fsp3) is 0.812. The van der Waals surface area contributed by atoms with Crippen LogP contribution in [-0.4, -0.2) is 15.8 Å². The summed E-state index contributed by atoms with van der Waals surface area (Å²) in [7, 11) is 0. The molecule has 0 spiro atoms. The highest BCUT2D eigenvalue weighted by molar-refractivity contribution is 5.25. The van der Waals surface area contributed by atoms with Gasteiger partial charge in [-0.15, -0.1) is 0 Å². The second kappa shape index (κ2) is 5.28. The van der Waals surface area contributed by atoms with Gasteiger partial charge < -0.3 is 5.32 Å². The Labute approximate surface area is 116 Å². The SMILES string of the molecule is Cc1nn(C2CCC(C)CC2)c(C)c1CNC1CC1. The van der Waals surface area contributed by atoms with Crippen LogP contribution in [0.25, 0.3) is 0 Å². The average Bonchev–Trinajstić information content (AvgIpc) is 3.17. The van der Waals surface area contributed by atoms with Crippen LogP contribution < -0.4 is 5.32 Å². The molecule has 3 nitrogen and oxygen atoms in total. The van der Waals surface area contributed by atoms with E-state index < -0.39 is 0 Å². The fourth-order valence-electron chi connectivity index (χ4n) is 3.33. The van der Waals surface area contributed by atoms with E-state index in [1.165, 1.54) is 55.5 Å². The quantitative estimate of drug-likeness (QED) is 0.899. The zero-order chi connectivity index (χ0) is 13.4. The Morgan fingerprint density at radius 2 is 1.79 bits per heavy atom. The van der Waals surface area contributed by atoms with E-state index in [2.05, 4.69) is 30.8 Å². The Morgan fingerprint density at radius 3 is 2.42 bits per heavy atom. The van der Waals surface area contributed by atoms with E-state index in [0.29, 0.717) is 6.04 Å². The lowest BCUT2D eigenvalue weighted by Crippen LogP contribution is -2.19. The van der Waals surface area contributed by atoms with Crippen molar-refractivity contribution in [3.63, 3.8) is 0 Å². The molecule has 0 radical (unpaired) electrons. The van der Waals surface area contributed by atoms with Gasteiger partial charge in [0, 0.05) is 23.8 Å². The molecule has 1 aromatic heterocycles. The number of hydrogen-bond acceptors (Lipinski definition) is 2. The minimum absolute atomic E-state index is 0.643. The molecule has 19 heavy (non-hydrogen) atoms. The Bertz CT molecular complexity index is 437. The van der Waals surface area contributed by atoms with Crippen molar-refractivity contribution in [1.29, 1.82) is 0 Å². The van der Waals surface area contributed by atoms with Crippen LogP contribution in [0.4, 0.5) is 0 Å². The summed E-state index contributed by atoms with van der Waals surface area (Å²) in [5.74, 6) is 0.907. The predicted molar refractivity (Wildman–Crippen MR) is 78.2 cm³/mol. The molecule has 3 rings (SSSR count). The van der Waals surface area contributed by atoms with Gasteiger partial charge in [0.15, 0.2) is 0 Å². The topological polar surface area (TPSA) is 29.9 Å². The molecule has 1 N–H and O–H groups in total. The van der Waals surface area contributed by atoms with Crippen LogP contribution in [0.2, 0.25) is 0 Å². The molecule has 1 heterocycles. The van der Waals surface area contributed by atoms with E-state index in [4.69, 9.17) is 5.10 Å². The van der Waals surface area contributed by atoms with Crippen LogP contribution in [0.1, 0.15) is 68.4 Å². The van der Waals surface area contributed by atoms with Gasteiger partial charge >= 0.3 is 0 Å². The third kappa shape index (κ3) is 2.86. The molecule has 106 valence electrons. The minimum Gasteiger partial charge on any atom is -0.310 e. The van der Waals surface area contributed by atoms with Crippen molar-refractivity contribution in [3.8, 4) is 0 Å². The molecular formula is C16H27N3. The number of nitrogens with zero attached hydrogens (tertiary/aromatic N) is 2. The van der Waals surface area contributed by atoms with Gasteiger partial charge in [0.1, 0.15) is 0 Å². The maximum absolute atomic E-state index is 4.83. The molecular weight excluding hydrogens is 234 g/mol. The largest absolute Gasteiger partial charge is 0.310 e. The predicted octanol–water partition coefficient (Wildman–Crippen LogP) is 3.50. The summed E-state index contributed by atoms with van der Waals surface area (Å²) in [5, 5.41) is 8.46. The zero-order valence-electron chi connectivity index (χ0n) is 12.6. The molecule has 2 fully saturated rings. The van der Waals surface area contributed by atoms with Gasteiger partial charge in [-0.1, -0.05) is 6.92 Å². The van der Waals surface area contributed by atoms with Gasteiger partial charge in [0.05, 0.1) is 11.7 Å². The maximum atomic E-state index is 4.83. The van der Waals surface area contributed by atoms with Crippen molar-refractivity contribution in [1.82, 2.24) is 15.1 Å². The van der Waals surface area contributed by atoms with E-state index >= 15 is 0 Å². The Kier molecular flexibility index (Phi) is 3.66. The molecule has 0 aliphatic heterocycles. The lowest BCUT2D eigenvalue weighted by Gasteiger charge is -2.27. The number of hydrogen-bond donors (Lipinski definition) is 1. The van der Waals surface area contributed by atoms with E-state index in [9.17, 15) is 0 Å². The number of aryl methyl sites for hydroxylation is 1. The van der Waals surface area contributed by atoms with Crippen LogP contribution in [-0.2, 0) is 6.54 Å². The normalized spacial score (nSPS) is 27.7. The van der Waals surface area contributed by atoms with Crippen molar-refractivity contribution >= 4 is 0 Å². The molecule has 0 aromatic carbocycles. The molecule has 1 aromatic rings. The Balaban J connectivity index is 1.72. The van der Waals surface area contributed by atoms with E-state index in [1.807, 2.05) is 0 Å². The number of nitrogens with one attached hydrogen (secondary N) is 1. The second-order valence-corrected chi connectivity index (χ2v) is 6.66. The summed E-state index contributed by atoms with van der Waals surface area (Å²) in [4.78, 5) is 0. The molecule has 0 atom stereocenters. The van der Waals surface area contributed by atoms with Crippen molar-refractivity contribution in [2.45, 2.75) is 77.9 Å². The first-order chi connectivity index (χ1) is 9.15. The van der Waals surface area contributed by atoms with Crippen molar-refractivity contribution in [3.05, 3.63) is 17.0 Å². The zero-order valence-corrected chi connectivity index (χ0v) is 12.6. The maximum Gasteiger partial charge on any atom is 0.0641 e. The lowest BCUT2D eigenvalue weighted by molar-refractivity contribution is 0.270. The minimum atomic E-state index is 0.643.